The molecule has 0 unspecified atom stereocenters. The van der Waals surface area contributed by atoms with Gasteiger partial charge in [-0.05, 0) is 44.9 Å². The van der Waals surface area contributed by atoms with Gasteiger partial charge in [-0.3, -0.25) is 4.79 Å². The van der Waals surface area contributed by atoms with Crippen molar-refractivity contribution in [1.82, 2.24) is 4.57 Å². The first kappa shape index (κ1) is 18.2. The molecule has 1 N–H and O–H groups in total. The Kier molecular flexibility index (Phi) is 5.45. The van der Waals surface area contributed by atoms with Gasteiger partial charge in [-0.15, -0.1) is 0 Å². The van der Waals surface area contributed by atoms with Gasteiger partial charge in [0, 0.05) is 28.7 Å². The van der Waals surface area contributed by atoms with E-state index >= 15 is 0 Å². The Bertz CT molecular complexity index is 817. The molecule has 26 heavy (non-hydrogen) atoms. The summed E-state index contributed by atoms with van der Waals surface area (Å²) >= 11 is 0. The topological polar surface area (TPSA) is 60.3 Å². The van der Waals surface area contributed by atoms with Crippen LogP contribution in [0.25, 0.3) is 0 Å². The highest BCUT2D eigenvalue weighted by molar-refractivity contribution is 6.01. The van der Waals surface area contributed by atoms with Crippen LogP contribution in [0.5, 0.6) is 0 Å². The van der Waals surface area contributed by atoms with Gasteiger partial charge in [-0.1, -0.05) is 25.0 Å². The lowest BCUT2D eigenvalue weighted by Gasteiger charge is -2.17. The van der Waals surface area contributed by atoms with Crippen LogP contribution in [0.1, 0.15) is 63.8 Å². The SMILES string of the molecule is COC(=O)c1ccccc1NCC(=O)c1cc(C)n(C2CCCC2)c1C. The Morgan fingerprint density at radius 3 is 2.54 bits per heavy atom. The number of nitrogens with zero attached hydrogens (tertiary/aromatic N) is 1. The maximum atomic E-state index is 12.8. The molecule has 2 aromatic rings. The fraction of sp³-hybridized carbons (Fsp3) is 0.429. The van der Waals surface area contributed by atoms with Crippen molar-refractivity contribution < 1.29 is 14.3 Å². The number of Topliss-reactive ketones (excluding diaryl/α,β-unsaturated/α-hetero) is 1. The minimum Gasteiger partial charge on any atom is -0.465 e. The van der Waals surface area contributed by atoms with Crippen LogP contribution in [-0.2, 0) is 4.74 Å². The zero-order chi connectivity index (χ0) is 18.7. The van der Waals surface area contributed by atoms with Gasteiger partial charge >= 0.3 is 5.97 Å². The molecule has 0 amide bonds. The quantitative estimate of drug-likeness (QED) is 0.620. The number of hydrogen-bond acceptors (Lipinski definition) is 4. The molecule has 1 heterocycles. The number of methoxy groups -OCH3 is 1. The molecule has 5 heteroatoms. The molecule has 0 aliphatic heterocycles. The van der Waals surface area contributed by atoms with Crippen molar-refractivity contribution in [3.8, 4) is 0 Å². The molecule has 1 aromatic heterocycles. The lowest BCUT2D eigenvalue weighted by molar-refractivity contribution is 0.0601. The van der Waals surface area contributed by atoms with Crippen molar-refractivity contribution in [2.24, 2.45) is 0 Å². The second-order valence-corrected chi connectivity index (χ2v) is 6.91. The number of rotatable bonds is 6. The van der Waals surface area contributed by atoms with E-state index in [1.165, 1.54) is 32.8 Å². The van der Waals surface area contributed by atoms with Gasteiger partial charge in [0.05, 0.1) is 19.2 Å². The number of benzene rings is 1. The molecular formula is C21H26N2O3. The zero-order valence-electron chi connectivity index (χ0n) is 15.7. The van der Waals surface area contributed by atoms with Gasteiger partial charge in [0.2, 0.25) is 0 Å². The minimum absolute atomic E-state index is 0.0296. The summed E-state index contributed by atoms with van der Waals surface area (Å²) < 4.78 is 7.12. The predicted molar refractivity (Wildman–Crippen MR) is 102 cm³/mol. The van der Waals surface area contributed by atoms with Crippen molar-refractivity contribution in [3.63, 3.8) is 0 Å². The highest BCUT2D eigenvalue weighted by Gasteiger charge is 2.23. The lowest BCUT2D eigenvalue weighted by Crippen LogP contribution is -2.17. The lowest BCUT2D eigenvalue weighted by atomic mass is 10.1. The van der Waals surface area contributed by atoms with Gasteiger partial charge < -0.3 is 14.6 Å². The van der Waals surface area contributed by atoms with Crippen molar-refractivity contribution in [2.45, 2.75) is 45.6 Å². The van der Waals surface area contributed by atoms with Crippen LogP contribution in [0.4, 0.5) is 5.69 Å². The smallest absolute Gasteiger partial charge is 0.339 e. The second kappa shape index (κ2) is 7.77. The number of aromatic nitrogens is 1. The molecule has 1 aliphatic carbocycles. The Morgan fingerprint density at radius 1 is 1.15 bits per heavy atom. The Hall–Kier alpha value is -2.56. The number of anilines is 1. The number of ketones is 1. The fourth-order valence-electron chi connectivity index (χ4n) is 3.98. The molecule has 5 nitrogen and oxygen atoms in total. The number of carbonyl (C=O) groups is 2. The molecule has 0 radical (unpaired) electrons. The second-order valence-electron chi connectivity index (χ2n) is 6.91. The normalized spacial score (nSPS) is 14.4. The summed E-state index contributed by atoms with van der Waals surface area (Å²) in [6.45, 7) is 4.24. The van der Waals surface area contributed by atoms with Gasteiger partial charge in [-0.25, -0.2) is 4.79 Å². The van der Waals surface area contributed by atoms with E-state index in [0.717, 1.165) is 17.0 Å². The minimum atomic E-state index is -0.417. The van der Waals surface area contributed by atoms with Gasteiger partial charge in [-0.2, -0.15) is 0 Å². The van der Waals surface area contributed by atoms with Crippen LogP contribution < -0.4 is 5.32 Å². The molecule has 0 bridgehead atoms. The van der Waals surface area contributed by atoms with E-state index in [2.05, 4.69) is 16.8 Å². The molecule has 0 atom stereocenters. The van der Waals surface area contributed by atoms with Crippen LogP contribution in [0.2, 0.25) is 0 Å². The van der Waals surface area contributed by atoms with E-state index in [1.807, 2.05) is 19.1 Å². The number of nitrogens with one attached hydrogen (secondary N) is 1. The summed E-state index contributed by atoms with van der Waals surface area (Å²) in [6, 6.07) is 9.57. The van der Waals surface area contributed by atoms with Crippen molar-refractivity contribution in [3.05, 3.63) is 52.8 Å². The predicted octanol–water partition coefficient (Wildman–Crippen LogP) is 4.30. The highest BCUT2D eigenvalue weighted by atomic mass is 16.5. The summed E-state index contributed by atoms with van der Waals surface area (Å²) in [7, 11) is 1.35. The number of ether oxygens (including phenoxy) is 1. The molecule has 1 saturated carbocycles. The monoisotopic (exact) mass is 354 g/mol. The highest BCUT2D eigenvalue weighted by Crippen LogP contribution is 2.33. The average Bonchev–Trinajstić information content (AvgIpc) is 3.27. The summed E-state index contributed by atoms with van der Waals surface area (Å²) in [6.07, 6.45) is 4.90. The third kappa shape index (κ3) is 3.52. The molecular weight excluding hydrogens is 328 g/mol. The Balaban J connectivity index is 1.76. The third-order valence-electron chi connectivity index (χ3n) is 5.25. The average molecular weight is 354 g/mol. The molecule has 1 fully saturated rings. The molecule has 3 rings (SSSR count). The molecule has 0 spiro atoms. The molecule has 138 valence electrons. The Morgan fingerprint density at radius 2 is 1.85 bits per heavy atom. The summed E-state index contributed by atoms with van der Waals surface area (Å²) in [5.41, 5.74) is 3.99. The number of para-hydroxylation sites is 1. The van der Waals surface area contributed by atoms with Crippen LogP contribution in [-0.4, -0.2) is 30.0 Å². The van der Waals surface area contributed by atoms with E-state index in [9.17, 15) is 9.59 Å². The summed E-state index contributed by atoms with van der Waals surface area (Å²) in [5.74, 6) is -0.387. The first-order chi connectivity index (χ1) is 12.5. The van der Waals surface area contributed by atoms with Crippen molar-refractivity contribution >= 4 is 17.4 Å². The van der Waals surface area contributed by atoms with Crippen LogP contribution >= 0.6 is 0 Å². The van der Waals surface area contributed by atoms with Crippen molar-refractivity contribution in [1.29, 1.82) is 0 Å². The maximum Gasteiger partial charge on any atom is 0.339 e. The van der Waals surface area contributed by atoms with Crippen LogP contribution in [0.3, 0.4) is 0 Å². The van der Waals surface area contributed by atoms with Gasteiger partial charge in [0.15, 0.2) is 5.78 Å². The van der Waals surface area contributed by atoms with Gasteiger partial charge in [0.1, 0.15) is 0 Å². The first-order valence-corrected chi connectivity index (χ1v) is 9.15. The fourth-order valence-corrected chi connectivity index (χ4v) is 3.98. The van der Waals surface area contributed by atoms with E-state index in [0.29, 0.717) is 17.3 Å². The van der Waals surface area contributed by atoms with Crippen LogP contribution in [0.15, 0.2) is 30.3 Å². The molecule has 1 aromatic carbocycles. The summed E-state index contributed by atoms with van der Waals surface area (Å²) in [5, 5.41) is 3.09. The largest absolute Gasteiger partial charge is 0.465 e. The van der Waals surface area contributed by atoms with E-state index in [-0.39, 0.29) is 12.3 Å². The maximum absolute atomic E-state index is 12.8. The number of esters is 1. The third-order valence-corrected chi connectivity index (χ3v) is 5.25. The Labute approximate surface area is 154 Å². The van der Waals surface area contributed by atoms with Crippen molar-refractivity contribution in [2.75, 3.05) is 19.0 Å². The first-order valence-electron chi connectivity index (χ1n) is 9.15. The molecule has 1 aliphatic rings. The number of aryl methyl sites for hydroxylation is 1. The standard InChI is InChI=1S/C21H26N2O3/c1-14-12-18(15(2)23(14)16-8-4-5-9-16)20(24)13-22-19-11-7-6-10-17(19)21(25)26-3/h6-7,10-12,16,22H,4-5,8-9,13H2,1-3H3. The zero-order valence-corrected chi connectivity index (χ0v) is 15.7. The van der Waals surface area contributed by atoms with E-state index in [4.69, 9.17) is 4.74 Å². The molecule has 0 saturated heterocycles. The van der Waals surface area contributed by atoms with Crippen LogP contribution in [0, 0.1) is 13.8 Å². The number of carbonyl (C=O) groups excluding carboxylic acids is 2. The number of hydrogen-bond donors (Lipinski definition) is 1. The van der Waals surface area contributed by atoms with E-state index < -0.39 is 5.97 Å². The summed E-state index contributed by atoms with van der Waals surface area (Å²) in [4.78, 5) is 24.6. The van der Waals surface area contributed by atoms with Gasteiger partial charge in [0.25, 0.3) is 0 Å². The van der Waals surface area contributed by atoms with E-state index in [1.54, 1.807) is 18.2 Å².